The van der Waals surface area contributed by atoms with Crippen molar-refractivity contribution in [3.05, 3.63) is 105 Å². The van der Waals surface area contributed by atoms with Crippen molar-refractivity contribution >= 4 is 41.7 Å². The summed E-state index contributed by atoms with van der Waals surface area (Å²) in [5.41, 5.74) is 1.30. The highest BCUT2D eigenvalue weighted by Gasteiger charge is 2.54. The number of phenols is 4. The van der Waals surface area contributed by atoms with E-state index in [1.807, 2.05) is 0 Å². The summed E-state index contributed by atoms with van der Waals surface area (Å²) >= 11 is 5.87. The Morgan fingerprint density at radius 2 is 1.57 bits per heavy atom. The van der Waals surface area contributed by atoms with Gasteiger partial charge in [0.1, 0.15) is 34.5 Å². The minimum atomic E-state index is -1.45. The fourth-order valence-electron chi connectivity index (χ4n) is 5.91. The number of esters is 1. The number of benzene rings is 4. The molecule has 6 rings (SSSR count). The highest BCUT2D eigenvalue weighted by molar-refractivity contribution is 6.32. The average molecular weight is 643 g/mol. The van der Waals surface area contributed by atoms with Crippen LogP contribution in [0, 0.1) is 0 Å². The Labute approximate surface area is 267 Å². The second-order valence-electron chi connectivity index (χ2n) is 10.7. The number of hydrogen-bond donors (Lipinski definition) is 6. The van der Waals surface area contributed by atoms with E-state index in [4.69, 9.17) is 21.1 Å². The standard InChI is InChI=1S/C34H27ClN2O9/c35-25-10-12-27(41)21(32(25)43)6-13-30(42)36-14-2-1-3-20-26(37-17-38)11-9-24-31(20)33(44)46-34(24)22-7-4-18(39)15-28(22)45-29-16-19(40)5-8-23(29)34/h4-13,15-17,39-41,43H,1-3,14H2,(H,36,42)(H,37,38)/b13-6-. The fraction of sp³-hybridized carbons (Fsp3) is 0.147. The quantitative estimate of drug-likeness (QED) is 0.0600. The molecule has 4 aromatic rings. The van der Waals surface area contributed by atoms with Crippen molar-refractivity contribution in [1.82, 2.24) is 5.32 Å². The van der Waals surface area contributed by atoms with Gasteiger partial charge in [-0.1, -0.05) is 17.7 Å². The van der Waals surface area contributed by atoms with E-state index in [2.05, 4.69) is 10.6 Å². The molecule has 46 heavy (non-hydrogen) atoms. The maximum Gasteiger partial charge on any atom is 0.340 e. The van der Waals surface area contributed by atoms with Crippen molar-refractivity contribution in [1.29, 1.82) is 0 Å². The number of rotatable bonds is 9. The number of fused-ring (bicyclic) bond motifs is 6. The van der Waals surface area contributed by atoms with Crippen LogP contribution < -0.4 is 15.4 Å². The largest absolute Gasteiger partial charge is 0.508 e. The Balaban J connectivity index is 1.25. The maximum absolute atomic E-state index is 13.7. The van der Waals surface area contributed by atoms with Gasteiger partial charge in [0.25, 0.3) is 0 Å². The van der Waals surface area contributed by atoms with E-state index >= 15 is 0 Å². The van der Waals surface area contributed by atoms with Gasteiger partial charge in [-0.15, -0.1) is 0 Å². The highest BCUT2D eigenvalue weighted by atomic mass is 35.5. The third-order valence-electron chi connectivity index (χ3n) is 7.96. The molecule has 0 atom stereocenters. The molecule has 0 fully saturated rings. The topological polar surface area (TPSA) is 175 Å². The molecule has 0 bridgehead atoms. The van der Waals surface area contributed by atoms with Gasteiger partial charge in [0, 0.05) is 47.1 Å². The fourth-order valence-corrected chi connectivity index (χ4v) is 6.07. The molecule has 234 valence electrons. The Kier molecular flexibility index (Phi) is 7.93. The Bertz CT molecular complexity index is 1890. The lowest BCUT2D eigenvalue weighted by Gasteiger charge is -2.36. The second-order valence-corrected chi connectivity index (χ2v) is 11.1. The number of halogens is 1. The lowest BCUT2D eigenvalue weighted by molar-refractivity contribution is -0.116. The van der Waals surface area contributed by atoms with Gasteiger partial charge in [0.2, 0.25) is 12.3 Å². The summed E-state index contributed by atoms with van der Waals surface area (Å²) < 4.78 is 12.2. The molecule has 0 radical (unpaired) electrons. The van der Waals surface area contributed by atoms with Crippen molar-refractivity contribution in [2.75, 3.05) is 11.9 Å². The van der Waals surface area contributed by atoms with Crippen LogP contribution in [0.15, 0.2) is 66.7 Å². The Hall–Kier alpha value is -5.68. The molecule has 2 amide bonds. The highest BCUT2D eigenvalue weighted by Crippen LogP contribution is 2.57. The number of anilines is 1. The molecule has 2 aliphatic heterocycles. The van der Waals surface area contributed by atoms with Crippen LogP contribution in [0.2, 0.25) is 5.02 Å². The molecule has 2 aliphatic rings. The summed E-state index contributed by atoms with van der Waals surface area (Å²) in [6.45, 7) is 0.279. The first kappa shape index (κ1) is 30.4. The van der Waals surface area contributed by atoms with Crippen LogP contribution in [-0.4, -0.2) is 45.3 Å². The molecular formula is C34H27ClN2O9. The van der Waals surface area contributed by atoms with Gasteiger partial charge in [0.05, 0.1) is 16.1 Å². The summed E-state index contributed by atoms with van der Waals surface area (Å²) in [6, 6.07) is 15.0. The number of phenolic OH excluding ortho intramolecular Hbond substituents is 4. The van der Waals surface area contributed by atoms with Crippen molar-refractivity contribution in [3.8, 4) is 34.5 Å². The number of carbonyl (C=O) groups excluding carboxylic acids is 3. The van der Waals surface area contributed by atoms with Gasteiger partial charge >= 0.3 is 5.97 Å². The van der Waals surface area contributed by atoms with Crippen LogP contribution in [0.3, 0.4) is 0 Å². The predicted octanol–water partition coefficient (Wildman–Crippen LogP) is 5.45. The number of unbranched alkanes of at least 4 members (excludes halogenated alkanes) is 1. The smallest absolute Gasteiger partial charge is 0.340 e. The van der Waals surface area contributed by atoms with Gasteiger partial charge in [0.15, 0.2) is 5.60 Å². The van der Waals surface area contributed by atoms with E-state index in [1.165, 1.54) is 48.6 Å². The van der Waals surface area contributed by atoms with E-state index in [-0.39, 0.29) is 57.2 Å². The summed E-state index contributed by atoms with van der Waals surface area (Å²) in [5, 5.41) is 45.7. The van der Waals surface area contributed by atoms with Gasteiger partial charge < -0.3 is 40.5 Å². The van der Waals surface area contributed by atoms with Crippen LogP contribution in [0.4, 0.5) is 5.69 Å². The molecule has 6 N–H and O–H groups in total. The monoisotopic (exact) mass is 642 g/mol. The summed E-state index contributed by atoms with van der Waals surface area (Å²) in [5.74, 6) is -1.27. The zero-order valence-electron chi connectivity index (χ0n) is 24.0. The first-order valence-electron chi connectivity index (χ1n) is 14.2. The molecule has 0 aromatic heterocycles. The van der Waals surface area contributed by atoms with Crippen LogP contribution in [0.5, 0.6) is 34.5 Å². The van der Waals surface area contributed by atoms with Gasteiger partial charge in [-0.3, -0.25) is 9.59 Å². The SMILES string of the molecule is O=CNc1ccc2c(c1CCCCNC(=O)/C=C\c1c(O)ccc(Cl)c1O)C(=O)OC21c2ccc(O)cc2Oc2cc(O)ccc21. The number of ether oxygens (including phenoxy) is 2. The molecule has 0 aliphatic carbocycles. The Morgan fingerprint density at radius 3 is 2.24 bits per heavy atom. The first-order valence-corrected chi connectivity index (χ1v) is 14.6. The minimum absolute atomic E-state index is 0.0174. The van der Waals surface area contributed by atoms with Gasteiger partial charge in [-0.2, -0.15) is 0 Å². The average Bonchev–Trinajstić information content (AvgIpc) is 3.31. The second kappa shape index (κ2) is 12.0. The molecule has 0 saturated heterocycles. The van der Waals surface area contributed by atoms with E-state index < -0.39 is 17.5 Å². The minimum Gasteiger partial charge on any atom is -0.508 e. The van der Waals surface area contributed by atoms with Crippen molar-refractivity contribution in [3.63, 3.8) is 0 Å². The van der Waals surface area contributed by atoms with Crippen molar-refractivity contribution in [2.24, 2.45) is 0 Å². The van der Waals surface area contributed by atoms with Gasteiger partial charge in [-0.25, -0.2) is 4.79 Å². The van der Waals surface area contributed by atoms with Crippen molar-refractivity contribution < 1.29 is 44.3 Å². The summed E-state index contributed by atoms with van der Waals surface area (Å²) in [7, 11) is 0. The number of nitrogens with one attached hydrogen (secondary N) is 2. The maximum atomic E-state index is 13.7. The summed E-state index contributed by atoms with van der Waals surface area (Å²) in [6.07, 6.45) is 4.32. The third-order valence-corrected chi connectivity index (χ3v) is 8.27. The van der Waals surface area contributed by atoms with Crippen LogP contribution in [-0.2, 0) is 26.3 Å². The number of aromatic hydroxyl groups is 4. The number of amides is 2. The van der Waals surface area contributed by atoms with Crippen LogP contribution in [0.25, 0.3) is 6.08 Å². The molecule has 0 saturated carbocycles. The molecule has 2 heterocycles. The summed E-state index contributed by atoms with van der Waals surface area (Å²) in [4.78, 5) is 37.6. The molecular weight excluding hydrogens is 616 g/mol. The van der Waals surface area contributed by atoms with E-state index in [0.717, 1.165) is 0 Å². The zero-order chi connectivity index (χ0) is 32.6. The first-order chi connectivity index (χ1) is 22.1. The molecule has 11 nitrogen and oxygen atoms in total. The third kappa shape index (κ3) is 5.20. The number of hydrogen-bond acceptors (Lipinski definition) is 9. The molecule has 0 unspecified atom stereocenters. The zero-order valence-corrected chi connectivity index (χ0v) is 24.8. The van der Waals surface area contributed by atoms with E-state index in [0.29, 0.717) is 53.6 Å². The normalized spacial score (nSPS) is 13.8. The van der Waals surface area contributed by atoms with Crippen molar-refractivity contribution in [2.45, 2.75) is 24.9 Å². The Morgan fingerprint density at radius 1 is 0.891 bits per heavy atom. The number of carbonyl (C=O) groups is 3. The lowest BCUT2D eigenvalue weighted by Crippen LogP contribution is -2.32. The molecule has 1 spiro atoms. The lowest BCUT2D eigenvalue weighted by atomic mass is 9.76. The van der Waals surface area contributed by atoms with Crippen LogP contribution in [0.1, 0.15) is 51.0 Å². The predicted molar refractivity (Wildman–Crippen MR) is 167 cm³/mol. The van der Waals surface area contributed by atoms with E-state index in [9.17, 15) is 34.8 Å². The van der Waals surface area contributed by atoms with Crippen LogP contribution >= 0.6 is 11.6 Å². The van der Waals surface area contributed by atoms with Gasteiger partial charge in [-0.05, 0) is 73.4 Å². The van der Waals surface area contributed by atoms with E-state index in [1.54, 1.807) is 24.3 Å². The molecule has 4 aromatic carbocycles. The molecule has 12 heteroatoms.